The Morgan fingerprint density at radius 3 is 2.56 bits per heavy atom. The summed E-state index contributed by atoms with van der Waals surface area (Å²) in [5, 5.41) is 1.08. The fourth-order valence-corrected chi connectivity index (χ4v) is 4.69. The lowest BCUT2D eigenvalue weighted by Crippen LogP contribution is -2.32. The molecule has 4 nitrogen and oxygen atoms in total. The van der Waals surface area contributed by atoms with Gasteiger partial charge in [-0.05, 0) is 74.0 Å². The first-order valence-electron chi connectivity index (χ1n) is 11.6. The van der Waals surface area contributed by atoms with E-state index in [9.17, 15) is 4.79 Å². The highest BCUT2D eigenvalue weighted by Gasteiger charge is 2.33. The minimum Gasteiger partial charge on any atom is -0.497 e. The SMILES string of the molecule is COc1cccc(-c2nc3cc(SC)ccc3cc2CN(C(=O)c2ccc(C)cc2)C2CC2)c1. The van der Waals surface area contributed by atoms with Crippen molar-refractivity contribution in [3.05, 3.63) is 89.5 Å². The average molecular weight is 469 g/mol. The quantitative estimate of drug-likeness (QED) is 0.282. The Labute approximate surface area is 205 Å². The van der Waals surface area contributed by atoms with Crippen molar-refractivity contribution in [3.63, 3.8) is 0 Å². The molecule has 0 atom stereocenters. The minimum absolute atomic E-state index is 0.0805. The summed E-state index contributed by atoms with van der Waals surface area (Å²) in [5.74, 6) is 0.870. The zero-order valence-corrected chi connectivity index (χ0v) is 20.6. The van der Waals surface area contributed by atoms with E-state index in [4.69, 9.17) is 9.72 Å². The highest BCUT2D eigenvalue weighted by Crippen LogP contribution is 2.34. The van der Waals surface area contributed by atoms with Crippen LogP contribution in [-0.2, 0) is 6.54 Å². The molecule has 0 bridgehead atoms. The maximum Gasteiger partial charge on any atom is 0.254 e. The molecule has 5 rings (SSSR count). The van der Waals surface area contributed by atoms with Crippen LogP contribution in [0, 0.1) is 6.92 Å². The summed E-state index contributed by atoms with van der Waals surface area (Å²) in [4.78, 5) is 21.8. The first-order chi connectivity index (χ1) is 16.6. The molecule has 0 spiro atoms. The number of aromatic nitrogens is 1. The fraction of sp³-hybridized carbons (Fsp3) is 0.241. The van der Waals surface area contributed by atoms with Crippen molar-refractivity contribution in [3.8, 4) is 17.0 Å². The van der Waals surface area contributed by atoms with Gasteiger partial charge in [0.2, 0.25) is 0 Å². The van der Waals surface area contributed by atoms with Crippen molar-refractivity contribution < 1.29 is 9.53 Å². The minimum atomic E-state index is 0.0805. The van der Waals surface area contributed by atoms with E-state index in [1.54, 1.807) is 18.9 Å². The molecule has 0 radical (unpaired) electrons. The standard InChI is InChI=1S/C29H28N2O2S/c1-19-7-9-20(10-8-19)29(32)31(24-12-13-24)18-23-15-21-11-14-26(34-3)17-27(21)30-28(23)22-5-4-6-25(16-22)33-2/h4-11,14-17,24H,12-13,18H2,1-3H3. The Hall–Kier alpha value is -3.31. The third-order valence-corrected chi connectivity index (χ3v) is 7.06. The number of ether oxygens (including phenoxy) is 1. The van der Waals surface area contributed by atoms with Crippen LogP contribution in [0.3, 0.4) is 0 Å². The van der Waals surface area contributed by atoms with Gasteiger partial charge in [-0.25, -0.2) is 4.98 Å². The van der Waals surface area contributed by atoms with Crippen molar-refractivity contribution in [2.24, 2.45) is 0 Å². The Balaban J connectivity index is 1.60. The number of nitrogens with zero attached hydrogens (tertiary/aromatic N) is 2. The second kappa shape index (κ2) is 9.51. The molecular weight excluding hydrogens is 440 g/mol. The third-order valence-electron chi connectivity index (χ3n) is 6.33. The predicted octanol–water partition coefficient (Wildman–Crippen LogP) is 6.75. The predicted molar refractivity (Wildman–Crippen MR) is 140 cm³/mol. The topological polar surface area (TPSA) is 42.4 Å². The van der Waals surface area contributed by atoms with Crippen LogP contribution in [-0.4, -0.2) is 35.2 Å². The maximum absolute atomic E-state index is 13.5. The number of rotatable bonds is 7. The van der Waals surface area contributed by atoms with Gasteiger partial charge in [0.1, 0.15) is 5.75 Å². The summed E-state index contributed by atoms with van der Waals surface area (Å²) in [6.45, 7) is 2.56. The summed E-state index contributed by atoms with van der Waals surface area (Å²) in [6, 6.07) is 24.7. The summed E-state index contributed by atoms with van der Waals surface area (Å²) in [7, 11) is 1.67. The van der Waals surface area contributed by atoms with Crippen molar-refractivity contribution in [2.75, 3.05) is 13.4 Å². The van der Waals surface area contributed by atoms with Crippen LogP contribution in [0.25, 0.3) is 22.2 Å². The van der Waals surface area contributed by atoms with Crippen LogP contribution in [0.4, 0.5) is 0 Å². The first kappa shape index (κ1) is 22.5. The number of methoxy groups -OCH3 is 1. The number of benzene rings is 3. The number of carbonyl (C=O) groups excluding carboxylic acids is 1. The summed E-state index contributed by atoms with van der Waals surface area (Å²) in [6.07, 6.45) is 4.16. The van der Waals surface area contributed by atoms with E-state index in [-0.39, 0.29) is 11.9 Å². The number of carbonyl (C=O) groups is 1. The zero-order chi connectivity index (χ0) is 23.7. The zero-order valence-electron chi connectivity index (χ0n) is 19.7. The molecule has 1 aliphatic carbocycles. The number of aryl methyl sites for hydroxylation is 1. The lowest BCUT2D eigenvalue weighted by molar-refractivity contribution is 0.0730. The molecule has 4 aromatic rings. The fourth-order valence-electron chi connectivity index (χ4n) is 4.26. The second-order valence-electron chi connectivity index (χ2n) is 8.82. The van der Waals surface area contributed by atoms with E-state index < -0.39 is 0 Å². The van der Waals surface area contributed by atoms with E-state index in [2.05, 4.69) is 36.6 Å². The first-order valence-corrected chi connectivity index (χ1v) is 12.8. The number of thioether (sulfide) groups is 1. The van der Waals surface area contributed by atoms with Crippen molar-refractivity contribution in [1.29, 1.82) is 0 Å². The van der Waals surface area contributed by atoms with Gasteiger partial charge in [0, 0.05) is 34.0 Å². The molecular formula is C29H28N2O2S. The Morgan fingerprint density at radius 1 is 1.06 bits per heavy atom. The summed E-state index contributed by atoms with van der Waals surface area (Å²) in [5.41, 5.74) is 5.77. The highest BCUT2D eigenvalue weighted by atomic mass is 32.2. The highest BCUT2D eigenvalue weighted by molar-refractivity contribution is 7.98. The molecule has 0 N–H and O–H groups in total. The molecule has 172 valence electrons. The summed E-state index contributed by atoms with van der Waals surface area (Å²) >= 11 is 1.71. The lowest BCUT2D eigenvalue weighted by Gasteiger charge is -2.24. The van der Waals surface area contributed by atoms with Crippen molar-refractivity contribution in [1.82, 2.24) is 9.88 Å². The normalized spacial score (nSPS) is 13.1. The van der Waals surface area contributed by atoms with Gasteiger partial charge < -0.3 is 9.64 Å². The molecule has 1 aromatic heterocycles. The largest absolute Gasteiger partial charge is 0.497 e. The smallest absolute Gasteiger partial charge is 0.254 e. The lowest BCUT2D eigenvalue weighted by atomic mass is 10.0. The molecule has 0 aliphatic heterocycles. The molecule has 0 unspecified atom stereocenters. The van der Waals surface area contributed by atoms with E-state index in [1.165, 1.54) is 4.90 Å². The van der Waals surface area contributed by atoms with Gasteiger partial charge in [-0.15, -0.1) is 11.8 Å². The van der Waals surface area contributed by atoms with Crippen LogP contribution in [0.1, 0.15) is 34.3 Å². The average Bonchev–Trinajstić information content (AvgIpc) is 3.72. The van der Waals surface area contributed by atoms with E-state index in [0.717, 1.165) is 57.4 Å². The van der Waals surface area contributed by atoms with Crippen LogP contribution < -0.4 is 4.74 Å². The van der Waals surface area contributed by atoms with Crippen molar-refractivity contribution in [2.45, 2.75) is 37.2 Å². The molecule has 34 heavy (non-hydrogen) atoms. The number of hydrogen-bond acceptors (Lipinski definition) is 4. The molecule has 0 saturated heterocycles. The Kier molecular flexibility index (Phi) is 6.29. The number of pyridine rings is 1. The monoisotopic (exact) mass is 468 g/mol. The second-order valence-corrected chi connectivity index (χ2v) is 9.70. The summed E-state index contributed by atoms with van der Waals surface area (Å²) < 4.78 is 5.48. The molecule has 1 saturated carbocycles. The van der Waals surface area contributed by atoms with Crippen LogP contribution in [0.15, 0.2) is 77.7 Å². The van der Waals surface area contributed by atoms with Crippen LogP contribution in [0.5, 0.6) is 5.75 Å². The van der Waals surface area contributed by atoms with E-state index in [1.807, 2.05) is 54.3 Å². The van der Waals surface area contributed by atoms with Gasteiger partial charge in [0.15, 0.2) is 0 Å². The van der Waals surface area contributed by atoms with Gasteiger partial charge >= 0.3 is 0 Å². The molecule has 1 aliphatic rings. The molecule has 1 fully saturated rings. The number of fused-ring (bicyclic) bond motifs is 1. The van der Waals surface area contributed by atoms with E-state index >= 15 is 0 Å². The van der Waals surface area contributed by atoms with Crippen molar-refractivity contribution >= 4 is 28.6 Å². The van der Waals surface area contributed by atoms with Gasteiger partial charge in [-0.2, -0.15) is 0 Å². The molecule has 1 heterocycles. The molecule has 3 aromatic carbocycles. The molecule has 5 heteroatoms. The Morgan fingerprint density at radius 2 is 1.85 bits per heavy atom. The van der Waals surface area contributed by atoms with Gasteiger partial charge in [0.05, 0.1) is 18.3 Å². The van der Waals surface area contributed by atoms with Gasteiger partial charge in [0.25, 0.3) is 5.91 Å². The number of hydrogen-bond donors (Lipinski definition) is 0. The van der Waals surface area contributed by atoms with Gasteiger partial charge in [-0.3, -0.25) is 4.79 Å². The maximum atomic E-state index is 13.5. The van der Waals surface area contributed by atoms with Gasteiger partial charge in [-0.1, -0.05) is 35.9 Å². The third kappa shape index (κ3) is 4.66. The number of amides is 1. The van der Waals surface area contributed by atoms with Crippen LogP contribution >= 0.6 is 11.8 Å². The molecule has 1 amide bonds. The Bertz CT molecular complexity index is 1350. The van der Waals surface area contributed by atoms with E-state index in [0.29, 0.717) is 6.54 Å². The van der Waals surface area contributed by atoms with Crippen LogP contribution in [0.2, 0.25) is 0 Å².